The van der Waals surface area contributed by atoms with Crippen molar-refractivity contribution in [2.45, 2.75) is 26.7 Å². The number of nitrogens with zero attached hydrogens (tertiary/aromatic N) is 3. The standard InChI is InChI=1S/C13H17BrN4/c1-9(2)13(3-4-13)8-16-11-12-15-5-6-18(12)7-10(14)17-11/h5-7,9H,3-4,8H2,1-2H3,(H,16,17). The molecule has 2 aromatic rings. The number of hydrogen-bond donors (Lipinski definition) is 1. The minimum atomic E-state index is 0.466. The van der Waals surface area contributed by atoms with E-state index < -0.39 is 0 Å². The van der Waals surface area contributed by atoms with E-state index in [0.717, 1.165) is 22.6 Å². The fourth-order valence-corrected chi connectivity index (χ4v) is 2.80. The van der Waals surface area contributed by atoms with E-state index in [1.807, 2.05) is 16.8 Å². The van der Waals surface area contributed by atoms with Crippen LogP contribution in [0.25, 0.3) is 5.65 Å². The molecule has 0 spiro atoms. The summed E-state index contributed by atoms with van der Waals surface area (Å²) in [7, 11) is 0. The molecular weight excluding hydrogens is 292 g/mol. The van der Waals surface area contributed by atoms with Crippen molar-refractivity contribution in [3.05, 3.63) is 23.2 Å². The second kappa shape index (κ2) is 4.23. The van der Waals surface area contributed by atoms with Crippen molar-refractivity contribution >= 4 is 27.4 Å². The Morgan fingerprint density at radius 1 is 1.50 bits per heavy atom. The van der Waals surface area contributed by atoms with Crippen LogP contribution in [-0.2, 0) is 0 Å². The van der Waals surface area contributed by atoms with Crippen molar-refractivity contribution in [1.82, 2.24) is 14.4 Å². The third-order valence-corrected chi connectivity index (χ3v) is 4.45. The molecule has 3 rings (SSSR count). The first-order valence-electron chi connectivity index (χ1n) is 6.34. The maximum atomic E-state index is 4.49. The SMILES string of the molecule is CC(C)C1(CNc2nc(Br)cn3ccnc23)CC1. The number of halogens is 1. The Kier molecular flexibility index (Phi) is 2.81. The highest BCUT2D eigenvalue weighted by Gasteiger charge is 2.45. The van der Waals surface area contributed by atoms with E-state index in [2.05, 4.69) is 45.1 Å². The molecule has 0 aromatic carbocycles. The molecule has 1 saturated carbocycles. The van der Waals surface area contributed by atoms with E-state index in [1.54, 1.807) is 6.20 Å². The van der Waals surface area contributed by atoms with E-state index in [1.165, 1.54) is 12.8 Å². The van der Waals surface area contributed by atoms with E-state index in [9.17, 15) is 0 Å². The number of imidazole rings is 1. The van der Waals surface area contributed by atoms with Gasteiger partial charge in [0.05, 0.1) is 0 Å². The van der Waals surface area contributed by atoms with Crippen LogP contribution in [0.1, 0.15) is 26.7 Å². The topological polar surface area (TPSA) is 42.2 Å². The molecule has 0 radical (unpaired) electrons. The molecular formula is C13H17BrN4. The molecule has 1 N–H and O–H groups in total. The van der Waals surface area contributed by atoms with Crippen molar-refractivity contribution in [3.8, 4) is 0 Å². The molecule has 5 heteroatoms. The number of rotatable bonds is 4. The number of hydrogen-bond acceptors (Lipinski definition) is 3. The van der Waals surface area contributed by atoms with Crippen molar-refractivity contribution in [3.63, 3.8) is 0 Å². The minimum absolute atomic E-state index is 0.466. The molecule has 0 atom stereocenters. The zero-order valence-electron chi connectivity index (χ0n) is 10.7. The molecule has 1 aliphatic rings. The molecule has 96 valence electrons. The van der Waals surface area contributed by atoms with Crippen LogP contribution < -0.4 is 5.32 Å². The molecule has 0 amide bonds. The Balaban J connectivity index is 1.84. The normalized spacial score (nSPS) is 17.3. The van der Waals surface area contributed by atoms with E-state index >= 15 is 0 Å². The van der Waals surface area contributed by atoms with Gasteiger partial charge in [0.25, 0.3) is 0 Å². The number of fused-ring (bicyclic) bond motifs is 1. The van der Waals surface area contributed by atoms with Gasteiger partial charge in [0.2, 0.25) is 0 Å². The van der Waals surface area contributed by atoms with Gasteiger partial charge in [-0.2, -0.15) is 0 Å². The fourth-order valence-electron chi connectivity index (χ4n) is 2.40. The molecule has 18 heavy (non-hydrogen) atoms. The summed E-state index contributed by atoms with van der Waals surface area (Å²) in [6.07, 6.45) is 8.28. The van der Waals surface area contributed by atoms with Crippen LogP contribution in [0.15, 0.2) is 23.2 Å². The zero-order chi connectivity index (χ0) is 12.8. The number of nitrogens with one attached hydrogen (secondary N) is 1. The van der Waals surface area contributed by atoms with E-state index in [0.29, 0.717) is 11.3 Å². The molecule has 4 nitrogen and oxygen atoms in total. The lowest BCUT2D eigenvalue weighted by Gasteiger charge is -2.20. The molecule has 2 heterocycles. The van der Waals surface area contributed by atoms with E-state index in [-0.39, 0.29) is 0 Å². The van der Waals surface area contributed by atoms with Crippen LogP contribution in [0.2, 0.25) is 0 Å². The lowest BCUT2D eigenvalue weighted by molar-refractivity contribution is 0.380. The monoisotopic (exact) mass is 308 g/mol. The van der Waals surface area contributed by atoms with Crippen LogP contribution in [0, 0.1) is 11.3 Å². The van der Waals surface area contributed by atoms with Gasteiger partial charge >= 0.3 is 0 Å². The first-order chi connectivity index (χ1) is 8.61. The third kappa shape index (κ3) is 2.00. The largest absolute Gasteiger partial charge is 0.366 e. The number of anilines is 1. The summed E-state index contributed by atoms with van der Waals surface area (Å²) in [5, 5.41) is 3.47. The first-order valence-corrected chi connectivity index (χ1v) is 7.13. The van der Waals surface area contributed by atoms with Gasteiger partial charge < -0.3 is 9.72 Å². The van der Waals surface area contributed by atoms with Gasteiger partial charge in [0, 0.05) is 25.1 Å². The summed E-state index contributed by atoms with van der Waals surface area (Å²) in [4.78, 5) is 8.83. The zero-order valence-corrected chi connectivity index (χ0v) is 12.2. The summed E-state index contributed by atoms with van der Waals surface area (Å²) < 4.78 is 2.80. The third-order valence-electron chi connectivity index (χ3n) is 4.07. The van der Waals surface area contributed by atoms with Crippen LogP contribution in [0.5, 0.6) is 0 Å². The summed E-state index contributed by atoms with van der Waals surface area (Å²) in [6, 6.07) is 0. The average molecular weight is 309 g/mol. The van der Waals surface area contributed by atoms with Gasteiger partial charge in [-0.05, 0) is 40.1 Å². The highest BCUT2D eigenvalue weighted by molar-refractivity contribution is 9.10. The number of aromatic nitrogens is 3. The molecule has 1 fully saturated rings. The Labute approximate surface area is 115 Å². The van der Waals surface area contributed by atoms with Gasteiger partial charge in [-0.1, -0.05) is 13.8 Å². The van der Waals surface area contributed by atoms with Crippen molar-refractivity contribution in [2.24, 2.45) is 11.3 Å². The van der Waals surface area contributed by atoms with Crippen molar-refractivity contribution < 1.29 is 0 Å². The quantitative estimate of drug-likeness (QED) is 0.942. The smallest absolute Gasteiger partial charge is 0.180 e. The van der Waals surface area contributed by atoms with Gasteiger partial charge in [0.1, 0.15) is 4.60 Å². The predicted molar refractivity (Wildman–Crippen MR) is 75.7 cm³/mol. The van der Waals surface area contributed by atoms with Gasteiger partial charge in [-0.3, -0.25) is 0 Å². The molecule has 0 saturated heterocycles. The lowest BCUT2D eigenvalue weighted by atomic mass is 9.92. The average Bonchev–Trinajstić information content (AvgIpc) is 2.98. The molecule has 0 bridgehead atoms. The van der Waals surface area contributed by atoms with Crippen LogP contribution in [0.3, 0.4) is 0 Å². The van der Waals surface area contributed by atoms with Gasteiger partial charge in [-0.15, -0.1) is 0 Å². The molecule has 2 aromatic heterocycles. The summed E-state index contributed by atoms with van der Waals surface area (Å²) in [6.45, 7) is 5.58. The Morgan fingerprint density at radius 3 is 2.94 bits per heavy atom. The second-order valence-corrected chi connectivity index (χ2v) is 6.25. The first kappa shape index (κ1) is 12.0. The maximum absolute atomic E-state index is 4.49. The van der Waals surface area contributed by atoms with Crippen LogP contribution in [0.4, 0.5) is 5.82 Å². The second-order valence-electron chi connectivity index (χ2n) is 5.44. The van der Waals surface area contributed by atoms with Crippen LogP contribution in [-0.4, -0.2) is 20.9 Å². The predicted octanol–water partition coefficient (Wildman–Crippen LogP) is 3.34. The Bertz CT molecular complexity index is 571. The molecule has 0 aliphatic heterocycles. The van der Waals surface area contributed by atoms with Crippen molar-refractivity contribution in [1.29, 1.82) is 0 Å². The molecule has 0 unspecified atom stereocenters. The van der Waals surface area contributed by atoms with Crippen LogP contribution >= 0.6 is 15.9 Å². The maximum Gasteiger partial charge on any atom is 0.180 e. The summed E-state index contributed by atoms with van der Waals surface area (Å²) in [5.74, 6) is 1.58. The van der Waals surface area contributed by atoms with Gasteiger partial charge in [-0.25, -0.2) is 9.97 Å². The highest BCUT2D eigenvalue weighted by atomic mass is 79.9. The highest BCUT2D eigenvalue weighted by Crippen LogP contribution is 2.51. The fraction of sp³-hybridized carbons (Fsp3) is 0.538. The Hall–Kier alpha value is -1.10. The summed E-state index contributed by atoms with van der Waals surface area (Å²) in [5.41, 5.74) is 1.35. The Morgan fingerprint density at radius 2 is 2.28 bits per heavy atom. The minimum Gasteiger partial charge on any atom is -0.366 e. The van der Waals surface area contributed by atoms with Crippen molar-refractivity contribution in [2.75, 3.05) is 11.9 Å². The lowest BCUT2D eigenvalue weighted by Crippen LogP contribution is -2.21. The molecule has 1 aliphatic carbocycles. The summed E-state index contributed by atoms with van der Waals surface area (Å²) >= 11 is 3.43. The van der Waals surface area contributed by atoms with Gasteiger partial charge in [0.15, 0.2) is 11.5 Å². The van der Waals surface area contributed by atoms with E-state index in [4.69, 9.17) is 0 Å².